The lowest BCUT2D eigenvalue weighted by atomic mass is 10.0. The van der Waals surface area contributed by atoms with Crippen LogP contribution in [0.5, 0.6) is 0 Å². The highest BCUT2D eigenvalue weighted by Gasteiger charge is 2.43. The van der Waals surface area contributed by atoms with Gasteiger partial charge in [0, 0.05) is 41.3 Å². The minimum atomic E-state index is -0.593. The van der Waals surface area contributed by atoms with Crippen molar-refractivity contribution < 1.29 is 9.42 Å². The van der Waals surface area contributed by atoms with Crippen molar-refractivity contribution in [3.8, 4) is 0 Å². The highest BCUT2D eigenvalue weighted by atomic mass is 32.2. The number of hydrogen-bond donors (Lipinski definition) is 3. The second-order valence-electron chi connectivity index (χ2n) is 5.27. The molecule has 6 heteroatoms. The fourth-order valence-corrected chi connectivity index (χ4v) is 3.67. The molecule has 0 aromatic heterocycles. The van der Waals surface area contributed by atoms with Crippen molar-refractivity contribution >= 4 is 16.6 Å². The Balaban J connectivity index is 1.73. The van der Waals surface area contributed by atoms with E-state index in [2.05, 4.69) is 10.5 Å². The first-order chi connectivity index (χ1) is 8.13. The van der Waals surface area contributed by atoms with Crippen molar-refractivity contribution in [2.24, 2.45) is 16.3 Å². The van der Waals surface area contributed by atoms with Crippen molar-refractivity contribution in [1.29, 1.82) is 0 Å². The summed E-state index contributed by atoms with van der Waals surface area (Å²) in [6, 6.07) is 0.498. The summed E-state index contributed by atoms with van der Waals surface area (Å²) in [5, 5.41) is 15.2. The third kappa shape index (κ3) is 3.67. The Morgan fingerprint density at radius 1 is 1.47 bits per heavy atom. The first-order valence-corrected chi connectivity index (χ1v) is 7.67. The Morgan fingerprint density at radius 3 is 2.65 bits per heavy atom. The third-order valence-corrected chi connectivity index (χ3v) is 5.18. The van der Waals surface area contributed by atoms with Gasteiger partial charge >= 0.3 is 0 Å². The summed E-state index contributed by atoms with van der Waals surface area (Å²) < 4.78 is 11.2. The third-order valence-electron chi connectivity index (χ3n) is 3.80. The monoisotopic (exact) mass is 259 g/mol. The fourth-order valence-electron chi connectivity index (χ4n) is 2.37. The molecule has 2 fully saturated rings. The molecule has 0 spiro atoms. The quantitative estimate of drug-likeness (QED) is 0.289. The van der Waals surface area contributed by atoms with Gasteiger partial charge in [-0.05, 0) is 31.1 Å². The molecule has 2 rings (SSSR count). The number of rotatable bonds is 5. The van der Waals surface area contributed by atoms with Crippen LogP contribution in [0.2, 0.25) is 0 Å². The molecule has 0 amide bonds. The van der Waals surface area contributed by atoms with Crippen molar-refractivity contribution in [2.75, 3.05) is 18.1 Å². The normalized spacial score (nSPS) is 32.4. The molecular weight excluding hydrogens is 238 g/mol. The molecule has 4 N–H and O–H groups in total. The lowest BCUT2D eigenvalue weighted by Crippen LogP contribution is -2.39. The molecule has 1 aliphatic heterocycles. The predicted octanol–water partition coefficient (Wildman–Crippen LogP) is 0.404. The number of amidine groups is 1. The van der Waals surface area contributed by atoms with Gasteiger partial charge < -0.3 is 16.3 Å². The van der Waals surface area contributed by atoms with E-state index in [9.17, 15) is 4.21 Å². The minimum Gasteiger partial charge on any atom is -0.409 e. The van der Waals surface area contributed by atoms with Gasteiger partial charge in [0.2, 0.25) is 0 Å². The van der Waals surface area contributed by atoms with E-state index in [1.54, 1.807) is 0 Å². The predicted molar refractivity (Wildman–Crippen MR) is 68.6 cm³/mol. The van der Waals surface area contributed by atoms with E-state index in [0.717, 1.165) is 43.7 Å². The molecule has 0 radical (unpaired) electrons. The summed E-state index contributed by atoms with van der Waals surface area (Å²) in [6.45, 7) is 0.931. The van der Waals surface area contributed by atoms with Gasteiger partial charge in [-0.15, -0.1) is 0 Å². The van der Waals surface area contributed by atoms with Gasteiger partial charge in [-0.2, -0.15) is 0 Å². The van der Waals surface area contributed by atoms with E-state index in [1.165, 1.54) is 0 Å². The van der Waals surface area contributed by atoms with Crippen LogP contribution >= 0.6 is 0 Å². The van der Waals surface area contributed by atoms with Crippen LogP contribution in [0.15, 0.2) is 5.16 Å². The largest absolute Gasteiger partial charge is 0.409 e. The molecule has 1 saturated carbocycles. The standard InChI is InChI=1S/C11H21N3O2S/c12-10(14-15)7-11(3-4-11)8-13-9-1-5-17(16)6-2-9/h9,13,15H,1-8H2,(H2,12,14). The maximum absolute atomic E-state index is 11.2. The SMILES string of the molecule is NC(CC1(CNC2CCS(=O)CC2)CC1)=NO. The average Bonchev–Trinajstić information content (AvgIpc) is 3.09. The molecule has 17 heavy (non-hydrogen) atoms. The fraction of sp³-hybridized carbons (Fsp3) is 0.909. The first-order valence-electron chi connectivity index (χ1n) is 6.18. The maximum Gasteiger partial charge on any atom is 0.139 e. The van der Waals surface area contributed by atoms with Crippen LogP contribution in [-0.4, -0.2) is 39.3 Å². The Hall–Kier alpha value is -0.620. The van der Waals surface area contributed by atoms with Crippen LogP contribution in [0.4, 0.5) is 0 Å². The Morgan fingerprint density at radius 2 is 2.12 bits per heavy atom. The number of nitrogens with zero attached hydrogens (tertiary/aromatic N) is 1. The Labute approximate surface area is 104 Å². The molecule has 5 nitrogen and oxygen atoms in total. The summed E-state index contributed by atoms with van der Waals surface area (Å²) >= 11 is 0. The van der Waals surface area contributed by atoms with E-state index in [4.69, 9.17) is 10.9 Å². The second-order valence-corrected chi connectivity index (χ2v) is 6.97. The van der Waals surface area contributed by atoms with Crippen molar-refractivity contribution in [3.63, 3.8) is 0 Å². The van der Waals surface area contributed by atoms with Crippen LogP contribution in [-0.2, 0) is 10.8 Å². The Bertz CT molecular complexity index is 319. The smallest absolute Gasteiger partial charge is 0.139 e. The number of oxime groups is 1. The van der Waals surface area contributed by atoms with Gasteiger partial charge in [0.15, 0.2) is 0 Å². The maximum atomic E-state index is 11.2. The van der Waals surface area contributed by atoms with Gasteiger partial charge in [-0.3, -0.25) is 4.21 Å². The first kappa shape index (κ1) is 12.8. The highest BCUT2D eigenvalue weighted by Crippen LogP contribution is 2.48. The van der Waals surface area contributed by atoms with Crippen molar-refractivity contribution in [3.05, 3.63) is 0 Å². The molecule has 0 unspecified atom stereocenters. The lowest BCUT2D eigenvalue weighted by molar-refractivity contribution is 0.313. The zero-order valence-corrected chi connectivity index (χ0v) is 10.8. The molecular formula is C11H21N3O2S. The minimum absolute atomic E-state index is 0.215. The summed E-state index contributed by atoms with van der Waals surface area (Å²) in [4.78, 5) is 0. The zero-order chi connectivity index (χ0) is 12.3. The van der Waals surface area contributed by atoms with E-state index in [-0.39, 0.29) is 5.41 Å². The summed E-state index contributed by atoms with van der Waals surface area (Å²) in [6.07, 6.45) is 4.98. The molecule has 98 valence electrons. The van der Waals surface area contributed by atoms with Crippen LogP contribution in [0.1, 0.15) is 32.1 Å². The van der Waals surface area contributed by atoms with Crippen molar-refractivity contribution in [2.45, 2.75) is 38.1 Å². The highest BCUT2D eigenvalue weighted by molar-refractivity contribution is 7.85. The zero-order valence-electron chi connectivity index (χ0n) is 10.0. The summed E-state index contributed by atoms with van der Waals surface area (Å²) in [5.74, 6) is 1.98. The number of nitrogens with two attached hydrogens (primary N) is 1. The summed E-state index contributed by atoms with van der Waals surface area (Å²) in [7, 11) is -0.593. The molecule has 1 heterocycles. The van der Waals surface area contributed by atoms with Gasteiger partial charge in [0.05, 0.1) is 0 Å². The molecule has 0 aromatic rings. The lowest BCUT2D eigenvalue weighted by Gasteiger charge is -2.25. The number of hydrogen-bond acceptors (Lipinski definition) is 4. The molecule has 1 saturated heterocycles. The second kappa shape index (κ2) is 5.35. The van der Waals surface area contributed by atoms with Crippen LogP contribution in [0.3, 0.4) is 0 Å². The van der Waals surface area contributed by atoms with E-state index >= 15 is 0 Å². The average molecular weight is 259 g/mol. The van der Waals surface area contributed by atoms with Crippen molar-refractivity contribution in [1.82, 2.24) is 5.32 Å². The Kier molecular flexibility index (Phi) is 4.04. The van der Waals surface area contributed by atoms with Gasteiger partial charge in [0.25, 0.3) is 0 Å². The molecule has 0 bridgehead atoms. The van der Waals surface area contributed by atoms with Gasteiger partial charge in [-0.1, -0.05) is 5.16 Å². The topological polar surface area (TPSA) is 87.7 Å². The van der Waals surface area contributed by atoms with Gasteiger partial charge in [0.1, 0.15) is 5.84 Å². The van der Waals surface area contributed by atoms with Crippen LogP contribution < -0.4 is 11.1 Å². The molecule has 0 aromatic carbocycles. The van der Waals surface area contributed by atoms with Gasteiger partial charge in [-0.25, -0.2) is 0 Å². The number of nitrogens with one attached hydrogen (secondary N) is 1. The molecule has 0 atom stereocenters. The van der Waals surface area contributed by atoms with E-state index < -0.39 is 10.8 Å². The molecule has 2 aliphatic rings. The van der Waals surface area contributed by atoms with Crippen LogP contribution in [0.25, 0.3) is 0 Å². The summed E-state index contributed by atoms with van der Waals surface area (Å²) in [5.41, 5.74) is 5.77. The van der Waals surface area contributed by atoms with E-state index in [1.807, 2.05) is 0 Å². The molecule has 1 aliphatic carbocycles. The van der Waals surface area contributed by atoms with E-state index in [0.29, 0.717) is 18.3 Å². The van der Waals surface area contributed by atoms with Crippen LogP contribution in [0, 0.1) is 5.41 Å².